The van der Waals surface area contributed by atoms with Crippen molar-refractivity contribution in [2.45, 2.75) is 18.2 Å². The third kappa shape index (κ3) is 2.24. The van der Waals surface area contributed by atoms with Gasteiger partial charge in [0.05, 0.1) is 16.5 Å². The first kappa shape index (κ1) is 11.1. The Balaban J connectivity index is 2.17. The summed E-state index contributed by atoms with van der Waals surface area (Å²) in [5.74, 6) is -0.0228. The first-order chi connectivity index (χ1) is 7.70. The Morgan fingerprint density at radius 1 is 1.62 bits per heavy atom. The van der Waals surface area contributed by atoms with Crippen LogP contribution in [-0.4, -0.2) is 20.9 Å². The number of benzene rings is 1. The van der Waals surface area contributed by atoms with Crippen LogP contribution in [0.4, 0.5) is 5.69 Å². The number of H-pyrrole nitrogens is 1. The van der Waals surface area contributed by atoms with Gasteiger partial charge in [-0.15, -0.1) is 0 Å². The van der Waals surface area contributed by atoms with Crippen molar-refractivity contribution in [3.05, 3.63) is 24.4 Å². The van der Waals surface area contributed by atoms with Gasteiger partial charge in [-0.05, 0) is 24.6 Å². The van der Waals surface area contributed by atoms with Gasteiger partial charge in [0.25, 0.3) is 0 Å². The highest BCUT2D eigenvalue weighted by molar-refractivity contribution is 9.10. The van der Waals surface area contributed by atoms with Crippen molar-refractivity contribution in [2.75, 3.05) is 5.32 Å². The third-order valence-corrected chi connectivity index (χ3v) is 3.41. The molecule has 16 heavy (non-hydrogen) atoms. The standard InChI is InChI=1S/C11H12BrN3O/c1-2-9(12)11(16)14-8-3-4-10-7(5-8)6-13-15-10/h3-6,9H,2H2,1H3,(H,13,15)(H,14,16). The van der Waals surface area contributed by atoms with Crippen LogP contribution in [0.3, 0.4) is 0 Å². The summed E-state index contributed by atoms with van der Waals surface area (Å²) in [5, 5.41) is 10.6. The van der Waals surface area contributed by atoms with Gasteiger partial charge in [0, 0.05) is 11.1 Å². The summed E-state index contributed by atoms with van der Waals surface area (Å²) in [6.07, 6.45) is 2.50. The van der Waals surface area contributed by atoms with Crippen LogP contribution in [0.15, 0.2) is 24.4 Å². The molecule has 0 bridgehead atoms. The van der Waals surface area contributed by atoms with Crippen LogP contribution < -0.4 is 5.32 Å². The zero-order valence-electron chi connectivity index (χ0n) is 8.83. The molecule has 1 heterocycles. The number of aromatic nitrogens is 2. The Morgan fingerprint density at radius 2 is 2.44 bits per heavy atom. The number of anilines is 1. The Bertz CT molecular complexity index is 509. The van der Waals surface area contributed by atoms with Crippen LogP contribution in [0.2, 0.25) is 0 Å². The second kappa shape index (κ2) is 4.65. The van der Waals surface area contributed by atoms with E-state index in [1.54, 1.807) is 6.20 Å². The number of hydrogen-bond donors (Lipinski definition) is 2. The summed E-state index contributed by atoms with van der Waals surface area (Å²) in [7, 11) is 0. The number of fused-ring (bicyclic) bond motifs is 1. The number of alkyl halides is 1. The topological polar surface area (TPSA) is 57.8 Å². The van der Waals surface area contributed by atoms with E-state index < -0.39 is 0 Å². The fourth-order valence-corrected chi connectivity index (χ4v) is 1.54. The molecular weight excluding hydrogens is 270 g/mol. The lowest BCUT2D eigenvalue weighted by Crippen LogP contribution is -2.21. The van der Waals surface area contributed by atoms with E-state index >= 15 is 0 Å². The van der Waals surface area contributed by atoms with E-state index in [1.165, 1.54) is 0 Å². The molecule has 2 N–H and O–H groups in total. The predicted octanol–water partition coefficient (Wildman–Crippen LogP) is 2.67. The van der Waals surface area contributed by atoms with Crippen LogP contribution in [0.25, 0.3) is 10.9 Å². The van der Waals surface area contributed by atoms with Crippen molar-refractivity contribution >= 4 is 38.4 Å². The normalized spacial score (nSPS) is 12.6. The molecule has 0 fully saturated rings. The Labute approximate surface area is 102 Å². The number of nitrogens with one attached hydrogen (secondary N) is 2. The van der Waals surface area contributed by atoms with Crippen molar-refractivity contribution in [3.63, 3.8) is 0 Å². The molecule has 0 aliphatic carbocycles. The molecule has 84 valence electrons. The Kier molecular flexibility index (Phi) is 3.24. The molecule has 0 radical (unpaired) electrons. The second-order valence-corrected chi connectivity index (χ2v) is 4.64. The van der Waals surface area contributed by atoms with E-state index in [0.29, 0.717) is 0 Å². The molecule has 1 atom stereocenters. The maximum Gasteiger partial charge on any atom is 0.238 e. The summed E-state index contributed by atoms with van der Waals surface area (Å²) < 4.78 is 0. The van der Waals surface area contributed by atoms with Gasteiger partial charge in [0.1, 0.15) is 0 Å². The van der Waals surface area contributed by atoms with Crippen molar-refractivity contribution < 1.29 is 4.79 Å². The minimum absolute atomic E-state index is 0.0228. The average molecular weight is 282 g/mol. The van der Waals surface area contributed by atoms with Crippen LogP contribution in [0, 0.1) is 0 Å². The summed E-state index contributed by atoms with van der Waals surface area (Å²) in [5.41, 5.74) is 1.75. The number of rotatable bonds is 3. The van der Waals surface area contributed by atoms with Gasteiger partial charge in [0.2, 0.25) is 5.91 Å². The summed E-state index contributed by atoms with van der Waals surface area (Å²) in [6, 6.07) is 5.65. The highest BCUT2D eigenvalue weighted by Gasteiger charge is 2.12. The zero-order chi connectivity index (χ0) is 11.5. The SMILES string of the molecule is CCC(Br)C(=O)Nc1ccc2[nH]ncc2c1. The molecule has 0 aliphatic heterocycles. The lowest BCUT2D eigenvalue weighted by molar-refractivity contribution is -0.115. The monoisotopic (exact) mass is 281 g/mol. The largest absolute Gasteiger partial charge is 0.325 e. The van der Waals surface area contributed by atoms with E-state index in [4.69, 9.17) is 0 Å². The molecule has 1 unspecified atom stereocenters. The van der Waals surface area contributed by atoms with Gasteiger partial charge in [0.15, 0.2) is 0 Å². The van der Waals surface area contributed by atoms with Gasteiger partial charge in [-0.3, -0.25) is 9.89 Å². The predicted molar refractivity (Wildman–Crippen MR) is 67.7 cm³/mol. The van der Waals surface area contributed by atoms with Crippen molar-refractivity contribution in [3.8, 4) is 0 Å². The average Bonchev–Trinajstić information content (AvgIpc) is 2.75. The molecule has 2 aromatic rings. The lowest BCUT2D eigenvalue weighted by Gasteiger charge is -2.08. The van der Waals surface area contributed by atoms with Gasteiger partial charge >= 0.3 is 0 Å². The maximum atomic E-state index is 11.6. The van der Waals surface area contributed by atoms with E-state index in [0.717, 1.165) is 23.0 Å². The minimum atomic E-state index is -0.146. The third-order valence-electron chi connectivity index (χ3n) is 2.35. The summed E-state index contributed by atoms with van der Waals surface area (Å²) in [6.45, 7) is 1.96. The highest BCUT2D eigenvalue weighted by atomic mass is 79.9. The molecule has 0 saturated carbocycles. The van der Waals surface area contributed by atoms with Crippen LogP contribution in [0.1, 0.15) is 13.3 Å². The fraction of sp³-hybridized carbons (Fsp3) is 0.273. The Morgan fingerprint density at radius 3 is 3.19 bits per heavy atom. The molecular formula is C11H12BrN3O. The number of carbonyl (C=O) groups is 1. The van der Waals surface area contributed by atoms with E-state index in [1.807, 2.05) is 25.1 Å². The fourth-order valence-electron chi connectivity index (χ4n) is 1.43. The molecule has 1 aromatic heterocycles. The van der Waals surface area contributed by atoms with Gasteiger partial charge < -0.3 is 5.32 Å². The number of amides is 1. The van der Waals surface area contributed by atoms with E-state index in [2.05, 4.69) is 31.4 Å². The van der Waals surface area contributed by atoms with Crippen LogP contribution in [0.5, 0.6) is 0 Å². The van der Waals surface area contributed by atoms with Crippen molar-refractivity contribution in [2.24, 2.45) is 0 Å². The van der Waals surface area contributed by atoms with Gasteiger partial charge in [-0.25, -0.2) is 0 Å². The van der Waals surface area contributed by atoms with Crippen LogP contribution >= 0.6 is 15.9 Å². The number of halogens is 1. The molecule has 4 nitrogen and oxygen atoms in total. The molecule has 1 aromatic carbocycles. The minimum Gasteiger partial charge on any atom is -0.325 e. The molecule has 0 spiro atoms. The molecule has 1 amide bonds. The summed E-state index contributed by atoms with van der Waals surface area (Å²) in [4.78, 5) is 11.5. The van der Waals surface area contributed by atoms with Gasteiger partial charge in [-0.1, -0.05) is 22.9 Å². The zero-order valence-corrected chi connectivity index (χ0v) is 10.4. The van der Waals surface area contributed by atoms with E-state index in [9.17, 15) is 4.79 Å². The van der Waals surface area contributed by atoms with E-state index in [-0.39, 0.29) is 10.7 Å². The highest BCUT2D eigenvalue weighted by Crippen LogP contribution is 2.17. The van der Waals surface area contributed by atoms with Crippen molar-refractivity contribution in [1.29, 1.82) is 0 Å². The molecule has 0 saturated heterocycles. The first-order valence-corrected chi connectivity index (χ1v) is 6.00. The Hall–Kier alpha value is -1.36. The number of aromatic amines is 1. The first-order valence-electron chi connectivity index (χ1n) is 5.08. The number of nitrogens with zero attached hydrogens (tertiary/aromatic N) is 1. The van der Waals surface area contributed by atoms with Crippen molar-refractivity contribution in [1.82, 2.24) is 10.2 Å². The molecule has 5 heteroatoms. The van der Waals surface area contributed by atoms with Crippen LogP contribution in [-0.2, 0) is 4.79 Å². The smallest absolute Gasteiger partial charge is 0.238 e. The number of hydrogen-bond acceptors (Lipinski definition) is 2. The second-order valence-electron chi connectivity index (χ2n) is 3.54. The molecule has 2 rings (SSSR count). The molecule has 0 aliphatic rings. The maximum absolute atomic E-state index is 11.6. The lowest BCUT2D eigenvalue weighted by atomic mass is 10.2. The quantitative estimate of drug-likeness (QED) is 0.850. The number of carbonyl (C=O) groups excluding carboxylic acids is 1. The summed E-state index contributed by atoms with van der Waals surface area (Å²) >= 11 is 3.31. The van der Waals surface area contributed by atoms with Gasteiger partial charge in [-0.2, -0.15) is 5.10 Å².